The number of unbranched alkanes of at least 4 members (excludes halogenated alkanes) is 37. The second kappa shape index (κ2) is 60.9. The molecule has 10 heteroatoms. The van der Waals surface area contributed by atoms with Crippen molar-refractivity contribution in [1.82, 2.24) is 0 Å². The number of phosphoric ester groups is 1. The van der Waals surface area contributed by atoms with Gasteiger partial charge in [0, 0.05) is 19.4 Å². The van der Waals surface area contributed by atoms with Crippen LogP contribution in [0.15, 0.2) is 60.8 Å². The Hall–Kier alpha value is -2.29. The van der Waals surface area contributed by atoms with Crippen LogP contribution in [0.4, 0.5) is 0 Å². The Morgan fingerprint density at radius 3 is 1.11 bits per heavy atom. The van der Waals surface area contributed by atoms with E-state index in [-0.39, 0.29) is 38.6 Å². The number of rotatable bonds is 60. The molecule has 0 fully saturated rings. The number of allylic oxidation sites excluding steroid dienone is 10. The van der Waals surface area contributed by atoms with Gasteiger partial charge in [0.15, 0.2) is 6.10 Å². The molecule has 75 heavy (non-hydrogen) atoms. The van der Waals surface area contributed by atoms with Gasteiger partial charge in [-0.3, -0.25) is 18.6 Å². The van der Waals surface area contributed by atoms with Crippen LogP contribution in [-0.4, -0.2) is 49.3 Å². The van der Waals surface area contributed by atoms with Gasteiger partial charge in [0.1, 0.15) is 6.61 Å². The van der Waals surface area contributed by atoms with E-state index in [0.29, 0.717) is 6.42 Å². The van der Waals surface area contributed by atoms with Gasteiger partial charge in [0.25, 0.3) is 0 Å². The average Bonchev–Trinajstić information content (AvgIpc) is 3.40. The van der Waals surface area contributed by atoms with E-state index in [1.165, 1.54) is 218 Å². The van der Waals surface area contributed by atoms with Gasteiger partial charge in [-0.05, 0) is 77.0 Å². The highest BCUT2D eigenvalue weighted by atomic mass is 31.2. The number of hydrogen-bond acceptors (Lipinski definition) is 8. The van der Waals surface area contributed by atoms with Gasteiger partial charge >= 0.3 is 19.8 Å². The van der Waals surface area contributed by atoms with Crippen LogP contribution in [0.1, 0.15) is 309 Å². The molecule has 0 saturated heterocycles. The van der Waals surface area contributed by atoms with E-state index in [4.69, 9.17) is 24.3 Å². The van der Waals surface area contributed by atoms with Crippen molar-refractivity contribution in [3.8, 4) is 0 Å². The summed E-state index contributed by atoms with van der Waals surface area (Å²) in [6, 6.07) is 0. The van der Waals surface area contributed by atoms with Crippen LogP contribution >= 0.6 is 7.82 Å². The van der Waals surface area contributed by atoms with Crippen LogP contribution in [0.2, 0.25) is 0 Å². The summed E-state index contributed by atoms with van der Waals surface area (Å²) < 4.78 is 33.1. The molecule has 0 spiro atoms. The standard InChI is InChI=1S/C65H120NO8P/c1-3-5-7-9-11-13-15-17-19-21-23-25-27-28-29-30-31-32-33-34-36-38-40-42-44-46-48-50-52-54-56-58-65(68)74-63(62-73-75(69,70)72-60-59-66)61-71-64(67)57-55-53-51-49-47-45-43-41-39-37-35-26-24-22-20-18-16-14-12-10-8-6-4-2/h5,7,11,13,17,19,22-25,63H,3-4,6,8-10,12,14-16,18,20-21,26-62,66H2,1-2H3,(H,69,70)/b7-5-,13-11-,19-17-,24-22-,25-23-. The van der Waals surface area contributed by atoms with Crippen molar-refractivity contribution in [1.29, 1.82) is 0 Å². The second-order valence-corrected chi connectivity index (χ2v) is 22.7. The minimum absolute atomic E-state index is 0.0537. The maximum absolute atomic E-state index is 12.7. The molecule has 0 radical (unpaired) electrons. The van der Waals surface area contributed by atoms with E-state index >= 15 is 0 Å². The number of carbonyl (C=O) groups is 2. The first kappa shape index (κ1) is 72.7. The molecule has 9 nitrogen and oxygen atoms in total. The Labute approximate surface area is 463 Å². The summed E-state index contributed by atoms with van der Waals surface area (Å²) in [6.07, 6.45) is 77.2. The fourth-order valence-corrected chi connectivity index (χ4v) is 9.98. The molecule has 0 aromatic heterocycles. The zero-order valence-corrected chi connectivity index (χ0v) is 49.9. The zero-order chi connectivity index (χ0) is 54.5. The number of ether oxygens (including phenoxy) is 2. The molecular weight excluding hydrogens is 954 g/mol. The maximum Gasteiger partial charge on any atom is 0.472 e. The third-order valence-corrected chi connectivity index (χ3v) is 14.9. The monoisotopic (exact) mass is 1070 g/mol. The van der Waals surface area contributed by atoms with Crippen LogP contribution in [-0.2, 0) is 32.7 Å². The van der Waals surface area contributed by atoms with E-state index in [1.807, 2.05) is 0 Å². The normalized spacial score (nSPS) is 13.4. The Morgan fingerprint density at radius 2 is 0.733 bits per heavy atom. The molecule has 0 aliphatic rings. The summed E-state index contributed by atoms with van der Waals surface area (Å²) in [5.41, 5.74) is 5.39. The molecule has 0 rings (SSSR count). The summed E-state index contributed by atoms with van der Waals surface area (Å²) >= 11 is 0. The number of nitrogens with two attached hydrogens (primary N) is 1. The summed E-state index contributed by atoms with van der Waals surface area (Å²) in [5.74, 6) is -0.815. The zero-order valence-electron chi connectivity index (χ0n) is 49.0. The number of hydrogen-bond donors (Lipinski definition) is 2. The molecule has 438 valence electrons. The highest BCUT2D eigenvalue weighted by Crippen LogP contribution is 2.43. The van der Waals surface area contributed by atoms with Crippen molar-refractivity contribution in [2.45, 2.75) is 315 Å². The minimum Gasteiger partial charge on any atom is -0.462 e. The summed E-state index contributed by atoms with van der Waals surface area (Å²) in [5, 5.41) is 0. The van der Waals surface area contributed by atoms with E-state index < -0.39 is 26.5 Å². The predicted molar refractivity (Wildman–Crippen MR) is 321 cm³/mol. The fraction of sp³-hybridized carbons (Fsp3) is 0.815. The third-order valence-electron chi connectivity index (χ3n) is 13.9. The van der Waals surface area contributed by atoms with E-state index in [2.05, 4.69) is 74.6 Å². The van der Waals surface area contributed by atoms with Crippen LogP contribution < -0.4 is 5.73 Å². The van der Waals surface area contributed by atoms with Crippen molar-refractivity contribution >= 4 is 19.8 Å². The number of carbonyl (C=O) groups excluding carboxylic acids is 2. The molecule has 0 aromatic carbocycles. The van der Waals surface area contributed by atoms with Crippen LogP contribution in [0.5, 0.6) is 0 Å². The number of phosphoric acid groups is 1. The molecule has 0 amide bonds. The quantitative estimate of drug-likeness (QED) is 0.0264. The van der Waals surface area contributed by atoms with E-state index in [9.17, 15) is 19.0 Å². The molecule has 0 bridgehead atoms. The lowest BCUT2D eigenvalue weighted by molar-refractivity contribution is -0.161. The molecule has 0 heterocycles. The Bertz CT molecular complexity index is 1410. The minimum atomic E-state index is -4.39. The largest absolute Gasteiger partial charge is 0.472 e. The Kier molecular flexibility index (Phi) is 59.1. The van der Waals surface area contributed by atoms with E-state index in [0.717, 1.165) is 57.8 Å². The van der Waals surface area contributed by atoms with Crippen molar-refractivity contribution in [2.75, 3.05) is 26.4 Å². The lowest BCUT2D eigenvalue weighted by atomic mass is 10.0. The van der Waals surface area contributed by atoms with Crippen molar-refractivity contribution in [3.63, 3.8) is 0 Å². The molecule has 0 aliphatic heterocycles. The molecule has 3 N–H and O–H groups in total. The van der Waals surface area contributed by atoms with Crippen LogP contribution in [0, 0.1) is 0 Å². The average molecular weight is 1070 g/mol. The predicted octanol–water partition coefficient (Wildman–Crippen LogP) is 20.3. The van der Waals surface area contributed by atoms with Gasteiger partial charge in [-0.15, -0.1) is 0 Å². The Morgan fingerprint density at radius 1 is 0.413 bits per heavy atom. The lowest BCUT2D eigenvalue weighted by Gasteiger charge is -2.19. The molecule has 0 saturated carbocycles. The lowest BCUT2D eigenvalue weighted by Crippen LogP contribution is -2.29. The van der Waals surface area contributed by atoms with E-state index in [1.54, 1.807) is 0 Å². The van der Waals surface area contributed by atoms with Gasteiger partial charge in [-0.2, -0.15) is 0 Å². The Balaban J connectivity index is 3.89. The van der Waals surface area contributed by atoms with Crippen molar-refractivity contribution < 1.29 is 37.6 Å². The van der Waals surface area contributed by atoms with Gasteiger partial charge in [0.2, 0.25) is 0 Å². The molecule has 2 atom stereocenters. The first-order chi connectivity index (χ1) is 36.8. The molecule has 2 unspecified atom stereocenters. The SMILES string of the molecule is CC/C=C\C/C=C\C/C=C\C/C=C\CCCCCCCCCCCCCCCCCCCCC(=O)OC(COC(=O)CCCCCCCCCCCCC/C=C\CCCCCCCCCC)COP(=O)(O)OCCN. The molecular formula is C65H120NO8P. The summed E-state index contributed by atoms with van der Waals surface area (Å²) in [6.45, 7) is 3.68. The maximum atomic E-state index is 12.7. The smallest absolute Gasteiger partial charge is 0.462 e. The van der Waals surface area contributed by atoms with Crippen LogP contribution in [0.3, 0.4) is 0 Å². The first-order valence-electron chi connectivity index (χ1n) is 31.8. The summed E-state index contributed by atoms with van der Waals surface area (Å²) in [4.78, 5) is 35.3. The highest BCUT2D eigenvalue weighted by Gasteiger charge is 2.26. The first-order valence-corrected chi connectivity index (χ1v) is 33.3. The second-order valence-electron chi connectivity index (χ2n) is 21.2. The van der Waals surface area contributed by atoms with Gasteiger partial charge < -0.3 is 20.1 Å². The van der Waals surface area contributed by atoms with Gasteiger partial charge in [-0.25, -0.2) is 4.57 Å². The highest BCUT2D eigenvalue weighted by molar-refractivity contribution is 7.47. The number of esters is 2. The van der Waals surface area contributed by atoms with Crippen LogP contribution in [0.25, 0.3) is 0 Å². The summed E-state index contributed by atoms with van der Waals surface area (Å²) in [7, 11) is -4.39. The van der Waals surface area contributed by atoms with Crippen molar-refractivity contribution in [3.05, 3.63) is 60.8 Å². The van der Waals surface area contributed by atoms with Gasteiger partial charge in [-0.1, -0.05) is 280 Å². The van der Waals surface area contributed by atoms with Crippen molar-refractivity contribution in [2.24, 2.45) is 5.73 Å². The molecule has 0 aromatic rings. The molecule has 0 aliphatic carbocycles. The third kappa shape index (κ3) is 60.8. The topological polar surface area (TPSA) is 134 Å². The fourth-order valence-electron chi connectivity index (χ4n) is 9.21. The van der Waals surface area contributed by atoms with Gasteiger partial charge in [0.05, 0.1) is 13.2 Å².